The van der Waals surface area contributed by atoms with Gasteiger partial charge in [0.05, 0.1) is 11.3 Å². The van der Waals surface area contributed by atoms with E-state index in [1.807, 2.05) is 26.0 Å². The Balaban J connectivity index is 1.69. The molecule has 0 fully saturated rings. The van der Waals surface area contributed by atoms with Crippen molar-refractivity contribution in [1.82, 2.24) is 15.6 Å². The zero-order chi connectivity index (χ0) is 15.5. The van der Waals surface area contributed by atoms with Crippen LogP contribution >= 0.6 is 0 Å². The topological polar surface area (TPSA) is 54.0 Å². The molecule has 1 unspecified atom stereocenters. The Bertz CT molecular complexity index is 696. The summed E-state index contributed by atoms with van der Waals surface area (Å²) in [5.74, 6) is -0.0603. The number of nitrogens with zero attached hydrogens (tertiary/aromatic N) is 1. The van der Waals surface area contributed by atoms with E-state index in [4.69, 9.17) is 0 Å². The molecule has 0 saturated heterocycles. The highest BCUT2D eigenvalue weighted by atomic mass is 16.1. The molecule has 0 saturated carbocycles. The minimum absolute atomic E-state index is 0.0603. The molecule has 0 spiro atoms. The number of carbonyl (C=O) groups excluding carboxylic acids is 1. The van der Waals surface area contributed by atoms with Gasteiger partial charge in [0.1, 0.15) is 0 Å². The molecule has 1 aliphatic rings. The van der Waals surface area contributed by atoms with Crippen LogP contribution in [0.4, 0.5) is 0 Å². The number of aryl methyl sites for hydroxylation is 2. The van der Waals surface area contributed by atoms with Crippen LogP contribution in [0, 0.1) is 13.8 Å². The quantitative estimate of drug-likeness (QED) is 0.913. The van der Waals surface area contributed by atoms with Crippen molar-refractivity contribution in [2.75, 3.05) is 13.1 Å². The molecule has 0 bridgehead atoms. The van der Waals surface area contributed by atoms with E-state index in [0.717, 1.165) is 24.4 Å². The summed E-state index contributed by atoms with van der Waals surface area (Å²) < 4.78 is 0. The van der Waals surface area contributed by atoms with Crippen LogP contribution in [0.2, 0.25) is 0 Å². The smallest absolute Gasteiger partial charge is 0.253 e. The van der Waals surface area contributed by atoms with E-state index in [9.17, 15) is 4.79 Å². The average molecular weight is 295 g/mol. The number of hydrogen-bond acceptors (Lipinski definition) is 3. The monoisotopic (exact) mass is 295 g/mol. The highest BCUT2D eigenvalue weighted by Gasteiger charge is 2.20. The third kappa shape index (κ3) is 3.02. The summed E-state index contributed by atoms with van der Waals surface area (Å²) in [6.45, 7) is 5.33. The maximum atomic E-state index is 12.4. The molecule has 4 heteroatoms. The van der Waals surface area contributed by atoms with Gasteiger partial charge in [0, 0.05) is 18.3 Å². The molecule has 4 nitrogen and oxygen atoms in total. The highest BCUT2D eigenvalue weighted by molar-refractivity contribution is 5.95. The fraction of sp³-hybridized carbons (Fsp3) is 0.333. The van der Waals surface area contributed by atoms with E-state index < -0.39 is 0 Å². The second kappa shape index (κ2) is 6.28. The Hall–Kier alpha value is -2.20. The van der Waals surface area contributed by atoms with E-state index in [1.54, 1.807) is 0 Å². The molecule has 22 heavy (non-hydrogen) atoms. The Morgan fingerprint density at radius 3 is 2.91 bits per heavy atom. The summed E-state index contributed by atoms with van der Waals surface area (Å²) in [7, 11) is 0. The van der Waals surface area contributed by atoms with E-state index in [1.165, 1.54) is 11.1 Å². The first-order valence-electron chi connectivity index (χ1n) is 7.69. The molecular weight excluding hydrogens is 274 g/mol. The molecule has 2 heterocycles. The minimum Gasteiger partial charge on any atom is -0.350 e. The molecule has 3 rings (SSSR count). The normalized spacial score (nSPS) is 16.9. The van der Waals surface area contributed by atoms with E-state index in [2.05, 4.69) is 39.9 Å². The van der Waals surface area contributed by atoms with Crippen molar-refractivity contribution in [3.8, 4) is 0 Å². The van der Waals surface area contributed by atoms with Crippen molar-refractivity contribution < 1.29 is 4.79 Å². The van der Waals surface area contributed by atoms with Crippen molar-refractivity contribution in [1.29, 1.82) is 0 Å². The van der Waals surface area contributed by atoms with Crippen LogP contribution < -0.4 is 10.6 Å². The van der Waals surface area contributed by atoms with Gasteiger partial charge < -0.3 is 10.6 Å². The van der Waals surface area contributed by atoms with Crippen LogP contribution in [0.3, 0.4) is 0 Å². The van der Waals surface area contributed by atoms with Crippen molar-refractivity contribution in [3.63, 3.8) is 0 Å². The third-order valence-electron chi connectivity index (χ3n) is 4.15. The van der Waals surface area contributed by atoms with Gasteiger partial charge in [-0.1, -0.05) is 24.3 Å². The molecule has 2 aromatic rings. The largest absolute Gasteiger partial charge is 0.350 e. The van der Waals surface area contributed by atoms with Gasteiger partial charge in [-0.25, -0.2) is 0 Å². The SMILES string of the molecule is Cc1ccc(C(=O)NCC2NCCc3ccccc32)c(C)n1. The Labute approximate surface area is 131 Å². The van der Waals surface area contributed by atoms with E-state index >= 15 is 0 Å². The first-order valence-corrected chi connectivity index (χ1v) is 7.69. The number of fused-ring (bicyclic) bond motifs is 1. The Morgan fingerprint density at radius 1 is 1.27 bits per heavy atom. The maximum absolute atomic E-state index is 12.4. The van der Waals surface area contributed by atoms with Gasteiger partial charge in [-0.3, -0.25) is 9.78 Å². The maximum Gasteiger partial charge on any atom is 0.253 e. The second-order valence-corrected chi connectivity index (χ2v) is 5.75. The van der Waals surface area contributed by atoms with Gasteiger partial charge in [0.25, 0.3) is 5.91 Å². The second-order valence-electron chi connectivity index (χ2n) is 5.75. The van der Waals surface area contributed by atoms with Crippen LogP contribution in [0.1, 0.15) is 38.9 Å². The summed E-state index contributed by atoms with van der Waals surface area (Å²) >= 11 is 0. The molecule has 2 N–H and O–H groups in total. The zero-order valence-electron chi connectivity index (χ0n) is 13.0. The average Bonchev–Trinajstić information content (AvgIpc) is 2.52. The molecule has 1 aromatic carbocycles. The molecule has 1 aliphatic heterocycles. The fourth-order valence-corrected chi connectivity index (χ4v) is 2.99. The van der Waals surface area contributed by atoms with Gasteiger partial charge in [-0.15, -0.1) is 0 Å². The van der Waals surface area contributed by atoms with Crippen molar-refractivity contribution in [2.45, 2.75) is 26.3 Å². The molecular formula is C18H21N3O. The number of hydrogen-bond donors (Lipinski definition) is 2. The first-order chi connectivity index (χ1) is 10.6. The highest BCUT2D eigenvalue weighted by Crippen LogP contribution is 2.22. The lowest BCUT2D eigenvalue weighted by Crippen LogP contribution is -2.39. The van der Waals surface area contributed by atoms with Gasteiger partial charge in [-0.2, -0.15) is 0 Å². The molecule has 1 atom stereocenters. The van der Waals surface area contributed by atoms with Gasteiger partial charge >= 0.3 is 0 Å². The molecule has 0 radical (unpaired) electrons. The number of nitrogens with one attached hydrogen (secondary N) is 2. The third-order valence-corrected chi connectivity index (χ3v) is 4.15. The lowest BCUT2D eigenvalue weighted by molar-refractivity contribution is 0.0948. The summed E-state index contributed by atoms with van der Waals surface area (Å²) in [6, 6.07) is 12.3. The van der Waals surface area contributed by atoms with Gasteiger partial charge in [-0.05, 0) is 50.1 Å². The van der Waals surface area contributed by atoms with E-state index in [0.29, 0.717) is 12.1 Å². The molecule has 114 valence electrons. The van der Waals surface area contributed by atoms with Crippen LogP contribution in [-0.4, -0.2) is 24.0 Å². The summed E-state index contributed by atoms with van der Waals surface area (Å²) in [6.07, 6.45) is 1.04. The minimum atomic E-state index is -0.0603. The van der Waals surface area contributed by atoms with Crippen molar-refractivity contribution in [2.24, 2.45) is 0 Å². The predicted octanol–water partition coefficient (Wildman–Crippen LogP) is 2.32. The number of pyridine rings is 1. The van der Waals surface area contributed by atoms with Gasteiger partial charge in [0.2, 0.25) is 0 Å². The number of rotatable bonds is 3. The fourth-order valence-electron chi connectivity index (χ4n) is 2.99. The summed E-state index contributed by atoms with van der Waals surface area (Å²) in [5.41, 5.74) is 5.00. The lowest BCUT2D eigenvalue weighted by Gasteiger charge is -2.27. The molecule has 0 aliphatic carbocycles. The lowest BCUT2D eigenvalue weighted by atomic mass is 9.94. The van der Waals surface area contributed by atoms with Crippen molar-refractivity contribution >= 4 is 5.91 Å². The van der Waals surface area contributed by atoms with Crippen LogP contribution in [0.5, 0.6) is 0 Å². The number of aromatic nitrogens is 1. The molecule has 1 amide bonds. The summed E-state index contributed by atoms with van der Waals surface area (Å²) in [4.78, 5) is 16.7. The first kappa shape index (κ1) is 14.7. The van der Waals surface area contributed by atoms with E-state index in [-0.39, 0.29) is 11.9 Å². The van der Waals surface area contributed by atoms with Crippen LogP contribution in [0.15, 0.2) is 36.4 Å². The van der Waals surface area contributed by atoms with Crippen LogP contribution in [0.25, 0.3) is 0 Å². The Kier molecular flexibility index (Phi) is 4.20. The number of carbonyl (C=O) groups is 1. The zero-order valence-corrected chi connectivity index (χ0v) is 13.0. The standard InChI is InChI=1S/C18H21N3O/c1-12-7-8-15(13(2)21-12)18(22)20-11-17-16-6-4-3-5-14(16)9-10-19-17/h3-8,17,19H,9-11H2,1-2H3,(H,20,22). The summed E-state index contributed by atoms with van der Waals surface area (Å²) in [5, 5.41) is 6.50. The van der Waals surface area contributed by atoms with Gasteiger partial charge in [0.15, 0.2) is 0 Å². The van der Waals surface area contributed by atoms with Crippen LogP contribution in [-0.2, 0) is 6.42 Å². The number of benzene rings is 1. The number of amides is 1. The molecule has 1 aromatic heterocycles. The Morgan fingerprint density at radius 2 is 2.09 bits per heavy atom. The van der Waals surface area contributed by atoms with Crippen molar-refractivity contribution in [3.05, 3.63) is 64.5 Å². The predicted molar refractivity (Wildman–Crippen MR) is 86.9 cm³/mol.